The number of carboxylic acid groups (broad SMARTS) is 1. The van der Waals surface area contributed by atoms with Crippen LogP contribution in [-0.2, 0) is 11.3 Å². The second-order valence-corrected chi connectivity index (χ2v) is 5.05. The minimum Gasteiger partial charge on any atom is -0.480 e. The third kappa shape index (κ3) is 3.43. The fourth-order valence-corrected chi connectivity index (χ4v) is 2.67. The van der Waals surface area contributed by atoms with Crippen molar-refractivity contribution >= 4 is 18.4 Å². The van der Waals surface area contributed by atoms with Crippen LogP contribution in [0.3, 0.4) is 0 Å². The number of halogens is 1. The molecule has 0 aliphatic carbocycles. The molecule has 6 heteroatoms. The number of rotatable bonds is 4. The summed E-state index contributed by atoms with van der Waals surface area (Å²) < 4.78 is 1.82. The van der Waals surface area contributed by atoms with E-state index < -0.39 is 5.97 Å². The van der Waals surface area contributed by atoms with E-state index in [1.54, 1.807) is 0 Å². The molecule has 0 spiro atoms. The number of carboxylic acids is 1. The SMILES string of the molecule is Cl.O=C(O)C1CCCN1Cc1ccn(-c2ccccc2)n1. The van der Waals surface area contributed by atoms with Gasteiger partial charge in [0.15, 0.2) is 0 Å². The summed E-state index contributed by atoms with van der Waals surface area (Å²) in [7, 11) is 0. The van der Waals surface area contributed by atoms with E-state index in [-0.39, 0.29) is 18.4 Å². The van der Waals surface area contributed by atoms with Gasteiger partial charge in [-0.15, -0.1) is 12.4 Å². The lowest BCUT2D eigenvalue weighted by molar-refractivity contribution is -0.142. The minimum atomic E-state index is -0.731. The number of aliphatic carboxylic acids is 1. The van der Waals surface area contributed by atoms with Gasteiger partial charge in [-0.2, -0.15) is 5.10 Å². The highest BCUT2D eigenvalue weighted by Gasteiger charge is 2.30. The predicted molar refractivity (Wildman–Crippen MR) is 81.9 cm³/mol. The fraction of sp³-hybridized carbons (Fsp3) is 0.333. The van der Waals surface area contributed by atoms with Crippen LogP contribution >= 0.6 is 12.4 Å². The maximum atomic E-state index is 11.2. The minimum absolute atomic E-state index is 0. The number of hydrogen-bond acceptors (Lipinski definition) is 3. The molecule has 3 rings (SSSR count). The molecular formula is C15H18ClN3O2. The van der Waals surface area contributed by atoms with Crippen molar-refractivity contribution in [3.63, 3.8) is 0 Å². The number of nitrogens with zero attached hydrogens (tertiary/aromatic N) is 3. The first kappa shape index (κ1) is 15.5. The van der Waals surface area contributed by atoms with Gasteiger partial charge in [0.25, 0.3) is 0 Å². The molecule has 5 nitrogen and oxygen atoms in total. The van der Waals surface area contributed by atoms with E-state index >= 15 is 0 Å². The molecule has 1 fully saturated rings. The zero-order chi connectivity index (χ0) is 13.9. The molecule has 1 saturated heterocycles. The smallest absolute Gasteiger partial charge is 0.320 e. The van der Waals surface area contributed by atoms with E-state index in [0.29, 0.717) is 6.54 Å². The second kappa shape index (κ2) is 6.74. The molecule has 0 saturated carbocycles. The predicted octanol–water partition coefficient (Wildman–Crippen LogP) is 2.34. The first-order valence-corrected chi connectivity index (χ1v) is 6.81. The van der Waals surface area contributed by atoms with Crippen molar-refractivity contribution in [2.75, 3.05) is 6.54 Å². The average Bonchev–Trinajstić information content (AvgIpc) is 3.09. The molecule has 2 heterocycles. The van der Waals surface area contributed by atoms with Gasteiger partial charge in [-0.3, -0.25) is 9.69 Å². The summed E-state index contributed by atoms with van der Waals surface area (Å²) in [5.41, 5.74) is 1.91. The van der Waals surface area contributed by atoms with Gasteiger partial charge < -0.3 is 5.11 Å². The van der Waals surface area contributed by atoms with Gasteiger partial charge in [-0.25, -0.2) is 4.68 Å². The maximum absolute atomic E-state index is 11.2. The zero-order valence-corrected chi connectivity index (χ0v) is 12.4. The lowest BCUT2D eigenvalue weighted by Gasteiger charge is -2.19. The van der Waals surface area contributed by atoms with Crippen molar-refractivity contribution in [2.24, 2.45) is 0 Å². The third-order valence-electron chi connectivity index (χ3n) is 3.68. The van der Waals surface area contributed by atoms with E-state index in [0.717, 1.165) is 30.8 Å². The van der Waals surface area contributed by atoms with Gasteiger partial charge in [0, 0.05) is 12.7 Å². The molecule has 0 bridgehead atoms. The van der Waals surface area contributed by atoms with Crippen LogP contribution in [-0.4, -0.2) is 38.3 Å². The highest BCUT2D eigenvalue weighted by molar-refractivity contribution is 5.85. The molecule has 1 aliphatic heterocycles. The Hall–Kier alpha value is -1.85. The lowest BCUT2D eigenvalue weighted by atomic mass is 10.2. The number of hydrogen-bond donors (Lipinski definition) is 1. The Morgan fingerprint density at radius 2 is 2.05 bits per heavy atom. The van der Waals surface area contributed by atoms with Crippen molar-refractivity contribution in [1.82, 2.24) is 14.7 Å². The van der Waals surface area contributed by atoms with Crippen molar-refractivity contribution in [3.8, 4) is 5.69 Å². The van der Waals surface area contributed by atoms with Crippen molar-refractivity contribution in [2.45, 2.75) is 25.4 Å². The van der Waals surface area contributed by atoms with Crippen LogP contribution in [0, 0.1) is 0 Å². The summed E-state index contributed by atoms with van der Waals surface area (Å²) in [4.78, 5) is 13.1. The van der Waals surface area contributed by atoms with Gasteiger partial charge in [0.05, 0.1) is 11.4 Å². The Morgan fingerprint density at radius 3 is 2.76 bits per heavy atom. The quantitative estimate of drug-likeness (QED) is 0.942. The molecule has 1 aromatic heterocycles. The largest absolute Gasteiger partial charge is 0.480 e. The van der Waals surface area contributed by atoms with E-state index in [1.807, 2.05) is 52.2 Å². The molecule has 112 valence electrons. The Morgan fingerprint density at radius 1 is 1.29 bits per heavy atom. The van der Waals surface area contributed by atoms with Crippen molar-refractivity contribution in [1.29, 1.82) is 0 Å². The highest BCUT2D eigenvalue weighted by Crippen LogP contribution is 2.20. The number of aromatic nitrogens is 2. The van der Waals surface area contributed by atoms with Crippen LogP contribution in [0.2, 0.25) is 0 Å². The van der Waals surface area contributed by atoms with Crippen molar-refractivity contribution in [3.05, 3.63) is 48.3 Å². The third-order valence-corrected chi connectivity index (χ3v) is 3.68. The summed E-state index contributed by atoms with van der Waals surface area (Å²) in [6.45, 7) is 1.42. The Kier molecular flexibility index (Phi) is 4.98. The van der Waals surface area contributed by atoms with Gasteiger partial charge >= 0.3 is 5.97 Å². The van der Waals surface area contributed by atoms with E-state index in [9.17, 15) is 9.90 Å². The number of benzene rings is 1. The van der Waals surface area contributed by atoms with Crippen LogP contribution in [0.4, 0.5) is 0 Å². The van der Waals surface area contributed by atoms with Crippen LogP contribution < -0.4 is 0 Å². The second-order valence-electron chi connectivity index (χ2n) is 5.05. The summed E-state index contributed by atoms with van der Waals surface area (Å²) in [5, 5.41) is 13.7. The van der Waals surface area contributed by atoms with Crippen molar-refractivity contribution < 1.29 is 9.90 Å². The molecule has 0 radical (unpaired) electrons. The first-order chi connectivity index (χ1) is 9.74. The standard InChI is InChI=1S/C15H17N3O2.ClH/c19-15(20)14-7-4-9-17(14)11-12-8-10-18(16-12)13-5-2-1-3-6-13;/h1-3,5-6,8,10,14H,4,7,9,11H2,(H,19,20);1H. The first-order valence-electron chi connectivity index (χ1n) is 6.81. The lowest BCUT2D eigenvalue weighted by Crippen LogP contribution is -2.35. The molecule has 1 N–H and O–H groups in total. The summed E-state index contributed by atoms with van der Waals surface area (Å²) in [6.07, 6.45) is 3.58. The monoisotopic (exact) mass is 307 g/mol. The van der Waals surface area contributed by atoms with E-state index in [4.69, 9.17) is 0 Å². The fourth-order valence-electron chi connectivity index (χ4n) is 2.67. The summed E-state index contributed by atoms with van der Waals surface area (Å²) in [6, 6.07) is 11.5. The summed E-state index contributed by atoms with van der Waals surface area (Å²) >= 11 is 0. The van der Waals surface area contributed by atoms with Gasteiger partial charge in [0.1, 0.15) is 6.04 Å². The summed E-state index contributed by atoms with van der Waals surface area (Å²) in [5.74, 6) is -0.731. The average molecular weight is 308 g/mol. The van der Waals surface area contributed by atoms with E-state index in [1.165, 1.54) is 0 Å². The van der Waals surface area contributed by atoms with Crippen LogP contribution in [0.1, 0.15) is 18.5 Å². The Balaban J connectivity index is 0.00000161. The molecule has 1 aliphatic rings. The number of likely N-dealkylation sites (tertiary alicyclic amines) is 1. The maximum Gasteiger partial charge on any atom is 0.320 e. The van der Waals surface area contributed by atoms with Crippen LogP contribution in [0.5, 0.6) is 0 Å². The molecule has 21 heavy (non-hydrogen) atoms. The number of carbonyl (C=O) groups is 1. The normalized spacial score (nSPS) is 18.4. The van der Waals surface area contributed by atoms with Crippen LogP contribution in [0.15, 0.2) is 42.6 Å². The van der Waals surface area contributed by atoms with Gasteiger partial charge in [0.2, 0.25) is 0 Å². The molecule has 1 atom stereocenters. The van der Waals surface area contributed by atoms with Gasteiger partial charge in [-0.1, -0.05) is 18.2 Å². The van der Waals surface area contributed by atoms with Crippen LogP contribution in [0.25, 0.3) is 5.69 Å². The molecule has 2 aromatic rings. The van der Waals surface area contributed by atoms with E-state index in [2.05, 4.69) is 5.10 Å². The molecule has 0 amide bonds. The molecular weight excluding hydrogens is 290 g/mol. The Labute approximate surface area is 129 Å². The topological polar surface area (TPSA) is 58.4 Å². The highest BCUT2D eigenvalue weighted by atomic mass is 35.5. The van der Waals surface area contributed by atoms with Gasteiger partial charge in [-0.05, 0) is 37.6 Å². The molecule has 1 unspecified atom stereocenters. The molecule has 1 aromatic carbocycles. The zero-order valence-electron chi connectivity index (χ0n) is 11.6. The Bertz CT molecular complexity index is 600. The number of para-hydroxylation sites is 1.